The number of hydrogen-bond acceptors (Lipinski definition) is 5. The molecule has 1 aliphatic rings. The molecule has 0 spiro atoms. The first kappa shape index (κ1) is 21.3. The number of nitrogens with one attached hydrogen (secondary N) is 2. The molecule has 0 aliphatic carbocycles. The fraction of sp³-hybridized carbons (Fsp3) is 0.160. The zero-order valence-corrected chi connectivity index (χ0v) is 17.2. The van der Waals surface area contributed by atoms with E-state index in [4.69, 9.17) is 10.2 Å². The first-order chi connectivity index (χ1) is 15.5. The van der Waals surface area contributed by atoms with E-state index in [0.717, 1.165) is 22.4 Å². The predicted octanol–water partition coefficient (Wildman–Crippen LogP) is 3.17. The highest BCUT2D eigenvalue weighted by molar-refractivity contribution is 6.05. The summed E-state index contributed by atoms with van der Waals surface area (Å²) in [6.07, 6.45) is 0.623. The second-order valence-electron chi connectivity index (χ2n) is 7.64. The highest BCUT2D eigenvalue weighted by Crippen LogP contribution is 2.34. The third-order valence-electron chi connectivity index (χ3n) is 5.57. The van der Waals surface area contributed by atoms with Crippen LogP contribution in [0.4, 0.5) is 0 Å². The van der Waals surface area contributed by atoms with Crippen LogP contribution in [0.3, 0.4) is 0 Å². The number of carbonyl (C=O) groups excluding carboxylic acids is 2. The average Bonchev–Trinajstić information content (AvgIpc) is 3.29. The molecule has 1 aliphatic heterocycles. The van der Waals surface area contributed by atoms with Crippen LogP contribution in [0.25, 0.3) is 0 Å². The minimum absolute atomic E-state index is 0.138. The number of aliphatic imine (C=N–C) groups is 1. The van der Waals surface area contributed by atoms with Gasteiger partial charge in [0.1, 0.15) is 11.8 Å². The van der Waals surface area contributed by atoms with Crippen molar-refractivity contribution in [2.45, 2.75) is 24.9 Å². The lowest BCUT2D eigenvalue weighted by atomic mass is 9.88. The van der Waals surface area contributed by atoms with E-state index in [0.29, 0.717) is 12.0 Å². The van der Waals surface area contributed by atoms with Gasteiger partial charge in [-0.3, -0.25) is 19.8 Å². The molecular formula is C25H23N3O4. The van der Waals surface area contributed by atoms with Crippen LogP contribution in [-0.2, 0) is 11.3 Å². The SMILES string of the molecule is O=C(NO)c1ccc(CNC(=O)C2N=C(c3ccccc3)CC2c2ccc(O)cc2)cc1. The van der Waals surface area contributed by atoms with Gasteiger partial charge in [0.25, 0.3) is 5.91 Å². The van der Waals surface area contributed by atoms with E-state index >= 15 is 0 Å². The number of phenolic OH excluding ortho intramolecular Hbond substituents is 1. The minimum atomic E-state index is -0.592. The zero-order chi connectivity index (χ0) is 22.5. The van der Waals surface area contributed by atoms with E-state index in [1.807, 2.05) is 42.5 Å². The number of phenols is 1. The van der Waals surface area contributed by atoms with Gasteiger partial charge in [-0.15, -0.1) is 0 Å². The van der Waals surface area contributed by atoms with E-state index in [1.165, 1.54) is 0 Å². The van der Waals surface area contributed by atoms with Crippen molar-refractivity contribution in [2.75, 3.05) is 0 Å². The molecule has 0 saturated carbocycles. The molecule has 1 heterocycles. The topological polar surface area (TPSA) is 111 Å². The average molecular weight is 429 g/mol. The lowest BCUT2D eigenvalue weighted by Gasteiger charge is -2.18. The molecule has 2 atom stereocenters. The molecule has 4 N–H and O–H groups in total. The van der Waals surface area contributed by atoms with Gasteiger partial charge in [0.2, 0.25) is 5.91 Å². The Morgan fingerprint density at radius 2 is 1.62 bits per heavy atom. The number of nitrogens with zero attached hydrogens (tertiary/aromatic N) is 1. The van der Waals surface area contributed by atoms with Crippen molar-refractivity contribution in [3.05, 3.63) is 101 Å². The third-order valence-corrected chi connectivity index (χ3v) is 5.57. The number of benzene rings is 3. The number of carbonyl (C=O) groups is 2. The number of rotatable bonds is 6. The van der Waals surface area contributed by atoms with Crippen molar-refractivity contribution < 1.29 is 19.9 Å². The first-order valence-corrected chi connectivity index (χ1v) is 10.3. The third kappa shape index (κ3) is 4.68. The maximum atomic E-state index is 13.1. The van der Waals surface area contributed by atoms with Crippen molar-refractivity contribution in [2.24, 2.45) is 4.99 Å². The molecule has 0 fully saturated rings. The molecule has 32 heavy (non-hydrogen) atoms. The summed E-state index contributed by atoms with van der Waals surface area (Å²) in [6, 6.07) is 22.7. The van der Waals surface area contributed by atoms with E-state index < -0.39 is 11.9 Å². The van der Waals surface area contributed by atoms with Crippen LogP contribution in [0, 0.1) is 0 Å². The van der Waals surface area contributed by atoms with Gasteiger partial charge in [0.15, 0.2) is 0 Å². The van der Waals surface area contributed by atoms with Crippen LogP contribution in [0.5, 0.6) is 5.75 Å². The van der Waals surface area contributed by atoms with Gasteiger partial charge in [-0.05, 0) is 47.4 Å². The van der Waals surface area contributed by atoms with E-state index in [9.17, 15) is 14.7 Å². The van der Waals surface area contributed by atoms with E-state index in [1.54, 1.807) is 41.9 Å². The highest BCUT2D eigenvalue weighted by atomic mass is 16.5. The van der Waals surface area contributed by atoms with Crippen LogP contribution in [-0.4, -0.2) is 33.9 Å². The molecule has 3 aromatic rings. The zero-order valence-electron chi connectivity index (χ0n) is 17.2. The molecule has 3 aromatic carbocycles. The van der Waals surface area contributed by atoms with Gasteiger partial charge in [-0.1, -0.05) is 54.6 Å². The molecule has 7 heteroatoms. The molecule has 7 nitrogen and oxygen atoms in total. The van der Waals surface area contributed by atoms with Crippen molar-refractivity contribution in [3.63, 3.8) is 0 Å². The van der Waals surface area contributed by atoms with Crippen molar-refractivity contribution >= 4 is 17.5 Å². The van der Waals surface area contributed by atoms with Crippen LogP contribution < -0.4 is 10.8 Å². The standard InChI is InChI=1S/C25H23N3O4/c29-20-12-10-17(11-13-20)21-14-22(18-4-2-1-3-5-18)27-23(21)25(31)26-15-16-6-8-19(9-7-16)24(30)28-32/h1-13,21,23,29,32H,14-15H2,(H,26,31)(H,28,30). The fourth-order valence-electron chi connectivity index (χ4n) is 3.85. The quantitative estimate of drug-likeness (QED) is 0.356. The Balaban J connectivity index is 1.52. The summed E-state index contributed by atoms with van der Waals surface area (Å²) < 4.78 is 0. The summed E-state index contributed by atoms with van der Waals surface area (Å²) in [7, 11) is 0. The lowest BCUT2D eigenvalue weighted by Crippen LogP contribution is -2.35. The molecule has 0 bridgehead atoms. The maximum Gasteiger partial charge on any atom is 0.274 e. The van der Waals surface area contributed by atoms with Crippen LogP contribution >= 0.6 is 0 Å². The molecule has 2 amide bonds. The van der Waals surface area contributed by atoms with Crippen molar-refractivity contribution in [3.8, 4) is 5.75 Å². The number of aromatic hydroxyl groups is 1. The Morgan fingerprint density at radius 1 is 0.938 bits per heavy atom. The Bertz CT molecular complexity index is 1130. The van der Waals surface area contributed by atoms with Gasteiger partial charge < -0.3 is 10.4 Å². The van der Waals surface area contributed by atoms with Crippen molar-refractivity contribution in [1.82, 2.24) is 10.8 Å². The summed E-state index contributed by atoms with van der Waals surface area (Å²) in [5, 5.41) is 21.3. The second-order valence-corrected chi connectivity index (χ2v) is 7.64. The molecule has 0 radical (unpaired) electrons. The smallest absolute Gasteiger partial charge is 0.274 e. The van der Waals surface area contributed by atoms with E-state index in [2.05, 4.69) is 5.32 Å². The normalized spacial score (nSPS) is 17.5. The molecule has 0 aromatic heterocycles. The molecule has 0 saturated heterocycles. The second kappa shape index (κ2) is 9.45. The maximum absolute atomic E-state index is 13.1. The number of hydroxylamine groups is 1. The summed E-state index contributed by atoms with van der Waals surface area (Å²) in [5.41, 5.74) is 5.54. The van der Waals surface area contributed by atoms with Gasteiger partial charge in [-0.25, -0.2) is 5.48 Å². The Labute approximate surface area is 185 Å². The molecule has 4 rings (SSSR count). The number of hydrogen-bond donors (Lipinski definition) is 4. The van der Waals surface area contributed by atoms with Gasteiger partial charge in [0, 0.05) is 23.7 Å². The molecule has 2 unspecified atom stereocenters. The first-order valence-electron chi connectivity index (χ1n) is 10.3. The summed E-state index contributed by atoms with van der Waals surface area (Å²) in [5.74, 6) is -0.742. The Kier molecular flexibility index (Phi) is 6.28. The van der Waals surface area contributed by atoms with E-state index in [-0.39, 0.29) is 24.1 Å². The lowest BCUT2D eigenvalue weighted by molar-refractivity contribution is -0.122. The van der Waals surface area contributed by atoms with Crippen LogP contribution in [0.2, 0.25) is 0 Å². The van der Waals surface area contributed by atoms with Crippen molar-refractivity contribution in [1.29, 1.82) is 0 Å². The van der Waals surface area contributed by atoms with Crippen LogP contribution in [0.15, 0.2) is 83.9 Å². The van der Waals surface area contributed by atoms with Gasteiger partial charge >= 0.3 is 0 Å². The molecular weight excluding hydrogens is 406 g/mol. The summed E-state index contributed by atoms with van der Waals surface area (Å²) >= 11 is 0. The number of amides is 2. The molecule has 162 valence electrons. The largest absolute Gasteiger partial charge is 0.508 e. The van der Waals surface area contributed by atoms with Gasteiger partial charge in [0.05, 0.1) is 0 Å². The highest BCUT2D eigenvalue weighted by Gasteiger charge is 2.36. The Morgan fingerprint density at radius 3 is 2.28 bits per heavy atom. The fourth-order valence-corrected chi connectivity index (χ4v) is 3.85. The monoisotopic (exact) mass is 429 g/mol. The summed E-state index contributed by atoms with van der Waals surface area (Å²) in [4.78, 5) is 29.3. The Hall–Kier alpha value is -3.97. The van der Waals surface area contributed by atoms with Crippen LogP contribution in [0.1, 0.15) is 39.4 Å². The predicted molar refractivity (Wildman–Crippen MR) is 120 cm³/mol. The van der Waals surface area contributed by atoms with Gasteiger partial charge in [-0.2, -0.15) is 0 Å². The summed E-state index contributed by atoms with van der Waals surface area (Å²) in [6.45, 7) is 0.287. The minimum Gasteiger partial charge on any atom is -0.508 e.